The average Bonchev–Trinajstić information content (AvgIpc) is 2.77. The number of nitrogens with two attached hydrogens (primary N) is 1. The second-order valence-electron chi connectivity index (χ2n) is 6.77. The molecule has 0 saturated heterocycles. The molecule has 4 N–H and O–H groups in total. The van der Waals surface area contributed by atoms with E-state index in [1.54, 1.807) is 13.8 Å². The molecule has 3 heterocycles. The first-order valence-corrected chi connectivity index (χ1v) is 7.83. The number of hydrogen-bond acceptors (Lipinski definition) is 5. The monoisotopic (exact) mass is 312 g/mol. The summed E-state index contributed by atoms with van der Waals surface area (Å²) in [6.45, 7) is 3.38. The second kappa shape index (κ2) is 4.66. The summed E-state index contributed by atoms with van der Waals surface area (Å²) in [6.07, 6.45) is 1.59. The lowest BCUT2D eigenvalue weighted by Gasteiger charge is -2.31. The summed E-state index contributed by atoms with van der Waals surface area (Å²) in [4.78, 5) is 8.98. The molecule has 2 aromatic heterocycles. The number of nitrogen functional groups attached to an aromatic ring is 1. The van der Waals surface area contributed by atoms with Crippen molar-refractivity contribution in [3.8, 4) is 0 Å². The van der Waals surface area contributed by atoms with Crippen LogP contribution in [0.3, 0.4) is 0 Å². The van der Waals surface area contributed by atoms with Gasteiger partial charge in [-0.25, -0.2) is 9.97 Å². The molecule has 1 aromatic carbocycles. The molecule has 6 nitrogen and oxygen atoms in total. The number of pyridine rings is 1. The van der Waals surface area contributed by atoms with Crippen LogP contribution in [0.15, 0.2) is 18.2 Å². The molecule has 3 aromatic rings. The molecular weight excluding hydrogens is 292 g/mol. The number of rotatable bonds is 2. The number of aromatic nitrogens is 3. The highest BCUT2D eigenvalue weighted by molar-refractivity contribution is 6.08. The molecule has 1 unspecified atom stereocenters. The van der Waals surface area contributed by atoms with Crippen LogP contribution >= 0.6 is 0 Å². The fourth-order valence-electron chi connectivity index (χ4n) is 3.78. The Labute approximate surface area is 133 Å². The zero-order valence-electron chi connectivity index (χ0n) is 13.2. The predicted octanol–water partition coefficient (Wildman–Crippen LogP) is 1.92. The highest BCUT2D eigenvalue weighted by atomic mass is 16.3. The van der Waals surface area contributed by atoms with Gasteiger partial charge >= 0.3 is 0 Å². The van der Waals surface area contributed by atoms with Gasteiger partial charge in [-0.1, -0.05) is 12.1 Å². The van der Waals surface area contributed by atoms with Crippen molar-refractivity contribution in [3.05, 3.63) is 29.6 Å². The molecule has 0 spiro atoms. The molecule has 120 valence electrons. The van der Waals surface area contributed by atoms with Gasteiger partial charge in [0.15, 0.2) is 5.82 Å². The Morgan fingerprint density at radius 3 is 2.83 bits per heavy atom. The Hall–Kier alpha value is -2.18. The van der Waals surface area contributed by atoms with E-state index in [4.69, 9.17) is 5.73 Å². The van der Waals surface area contributed by atoms with E-state index < -0.39 is 5.60 Å². The number of aliphatic hydroxyl groups excluding tert-OH is 1. The molecule has 0 fully saturated rings. The summed E-state index contributed by atoms with van der Waals surface area (Å²) in [5, 5.41) is 21.5. The van der Waals surface area contributed by atoms with Crippen LogP contribution in [0.25, 0.3) is 21.9 Å². The summed E-state index contributed by atoms with van der Waals surface area (Å²) >= 11 is 0. The van der Waals surface area contributed by atoms with Crippen molar-refractivity contribution in [2.45, 2.75) is 44.9 Å². The van der Waals surface area contributed by atoms with Gasteiger partial charge < -0.3 is 20.5 Å². The summed E-state index contributed by atoms with van der Waals surface area (Å²) in [7, 11) is 0. The quantitative estimate of drug-likeness (QED) is 0.671. The molecule has 0 radical (unpaired) electrons. The summed E-state index contributed by atoms with van der Waals surface area (Å²) < 4.78 is 1.96. The maximum atomic E-state index is 10.7. The third-order valence-corrected chi connectivity index (χ3v) is 4.79. The fraction of sp³-hybridized carbons (Fsp3) is 0.412. The highest BCUT2D eigenvalue weighted by Crippen LogP contribution is 2.40. The Morgan fingerprint density at radius 1 is 1.35 bits per heavy atom. The van der Waals surface area contributed by atoms with E-state index in [1.165, 1.54) is 5.56 Å². The van der Waals surface area contributed by atoms with Crippen LogP contribution in [0.5, 0.6) is 0 Å². The Kier molecular flexibility index (Phi) is 2.92. The lowest BCUT2D eigenvalue weighted by molar-refractivity contribution is 0.0191. The zero-order chi connectivity index (χ0) is 16.4. The minimum Gasteiger partial charge on any atom is -0.388 e. The van der Waals surface area contributed by atoms with Gasteiger partial charge in [0.2, 0.25) is 0 Å². The Balaban J connectivity index is 2.23. The van der Waals surface area contributed by atoms with Gasteiger partial charge in [0.25, 0.3) is 0 Å². The molecule has 0 saturated carbocycles. The van der Waals surface area contributed by atoms with Crippen molar-refractivity contribution >= 4 is 27.8 Å². The number of hydrogen-bond donors (Lipinski definition) is 3. The van der Waals surface area contributed by atoms with Gasteiger partial charge in [0.05, 0.1) is 22.7 Å². The number of imidazole rings is 1. The number of benzene rings is 1. The molecule has 1 aliphatic heterocycles. The number of anilines is 1. The Bertz CT molecular complexity index is 924. The topological polar surface area (TPSA) is 97.2 Å². The molecule has 0 bridgehead atoms. The molecular formula is C17H20N4O2. The van der Waals surface area contributed by atoms with E-state index in [1.807, 2.05) is 16.7 Å². The molecule has 23 heavy (non-hydrogen) atoms. The van der Waals surface area contributed by atoms with Crippen molar-refractivity contribution in [2.24, 2.45) is 0 Å². The van der Waals surface area contributed by atoms with Gasteiger partial charge in [-0.3, -0.25) is 0 Å². The van der Waals surface area contributed by atoms with E-state index in [9.17, 15) is 10.2 Å². The van der Waals surface area contributed by atoms with Crippen molar-refractivity contribution in [2.75, 3.05) is 5.73 Å². The Morgan fingerprint density at radius 2 is 2.13 bits per heavy atom. The maximum Gasteiger partial charge on any atom is 0.152 e. The first-order valence-electron chi connectivity index (χ1n) is 7.83. The van der Waals surface area contributed by atoms with Crippen molar-refractivity contribution < 1.29 is 10.2 Å². The van der Waals surface area contributed by atoms with Crippen LogP contribution in [-0.4, -0.2) is 30.3 Å². The van der Waals surface area contributed by atoms with E-state index >= 15 is 0 Å². The summed E-state index contributed by atoms with van der Waals surface area (Å²) in [6, 6.07) is 5.82. The smallest absolute Gasteiger partial charge is 0.152 e. The van der Waals surface area contributed by atoms with E-state index in [2.05, 4.69) is 16.0 Å². The third-order valence-electron chi connectivity index (χ3n) is 4.79. The van der Waals surface area contributed by atoms with Crippen LogP contribution in [0.4, 0.5) is 5.82 Å². The molecule has 1 aliphatic rings. The first kappa shape index (κ1) is 14.4. The largest absolute Gasteiger partial charge is 0.388 e. The lowest BCUT2D eigenvalue weighted by Crippen LogP contribution is -2.34. The SMILES string of the molecule is CC(C)(O)C1CCc2cccc3nc(N)c4nc(CO)n1c4c23. The minimum absolute atomic E-state index is 0.188. The lowest BCUT2D eigenvalue weighted by atomic mass is 9.93. The zero-order valence-corrected chi connectivity index (χ0v) is 13.2. The van der Waals surface area contributed by atoms with Crippen molar-refractivity contribution in [1.29, 1.82) is 0 Å². The van der Waals surface area contributed by atoms with Crippen LogP contribution in [0, 0.1) is 0 Å². The predicted molar refractivity (Wildman–Crippen MR) is 89.0 cm³/mol. The highest BCUT2D eigenvalue weighted by Gasteiger charge is 2.34. The van der Waals surface area contributed by atoms with Gasteiger partial charge in [-0.05, 0) is 38.3 Å². The van der Waals surface area contributed by atoms with Crippen molar-refractivity contribution in [1.82, 2.24) is 14.5 Å². The van der Waals surface area contributed by atoms with Gasteiger partial charge in [-0.2, -0.15) is 0 Å². The molecule has 1 atom stereocenters. The first-order chi connectivity index (χ1) is 10.9. The standard InChI is InChI=1S/C17H20N4O2/c1-17(2,23)11-7-6-9-4-3-5-10-13(9)15-14(16(18)19-10)20-12(8-22)21(11)15/h3-5,11,22-23H,6-8H2,1-2H3,(H2,18,19). The summed E-state index contributed by atoms with van der Waals surface area (Å²) in [5.74, 6) is 0.874. The number of aliphatic hydroxyl groups is 2. The van der Waals surface area contributed by atoms with Gasteiger partial charge in [0, 0.05) is 5.39 Å². The molecule has 6 heteroatoms. The van der Waals surface area contributed by atoms with E-state index in [0.29, 0.717) is 17.2 Å². The number of aryl methyl sites for hydroxylation is 1. The van der Waals surface area contributed by atoms with Crippen LogP contribution in [0.1, 0.15) is 37.7 Å². The van der Waals surface area contributed by atoms with Crippen LogP contribution in [0.2, 0.25) is 0 Å². The maximum absolute atomic E-state index is 10.7. The average molecular weight is 312 g/mol. The fourth-order valence-corrected chi connectivity index (χ4v) is 3.78. The number of nitrogens with zero attached hydrogens (tertiary/aromatic N) is 3. The normalized spacial score (nSPS) is 18.0. The summed E-state index contributed by atoms with van der Waals surface area (Å²) in [5.41, 5.74) is 8.65. The van der Waals surface area contributed by atoms with E-state index in [-0.39, 0.29) is 12.6 Å². The molecule has 0 aliphatic carbocycles. The van der Waals surface area contributed by atoms with Crippen LogP contribution < -0.4 is 5.73 Å². The van der Waals surface area contributed by atoms with E-state index in [0.717, 1.165) is 29.3 Å². The third kappa shape index (κ3) is 1.95. The van der Waals surface area contributed by atoms with Crippen molar-refractivity contribution in [3.63, 3.8) is 0 Å². The van der Waals surface area contributed by atoms with Gasteiger partial charge in [0.1, 0.15) is 17.9 Å². The second-order valence-corrected chi connectivity index (χ2v) is 6.77. The molecule has 4 rings (SSSR count). The molecule has 0 amide bonds. The van der Waals surface area contributed by atoms with Gasteiger partial charge in [-0.15, -0.1) is 0 Å². The minimum atomic E-state index is -0.941. The van der Waals surface area contributed by atoms with Crippen LogP contribution in [-0.2, 0) is 13.0 Å².